The topological polar surface area (TPSA) is 107 Å². The number of nitrogens with zero attached hydrogens (tertiary/aromatic N) is 2. The van der Waals surface area contributed by atoms with Gasteiger partial charge in [0, 0.05) is 11.8 Å². The van der Waals surface area contributed by atoms with E-state index < -0.39 is 5.97 Å². The fourth-order valence-corrected chi connectivity index (χ4v) is 2.59. The third-order valence-electron chi connectivity index (χ3n) is 2.89. The van der Waals surface area contributed by atoms with Gasteiger partial charge in [0.05, 0.1) is 27.3 Å². The lowest BCUT2D eigenvalue weighted by Crippen LogP contribution is -2.23. The van der Waals surface area contributed by atoms with Gasteiger partial charge in [-0.15, -0.1) is 10.2 Å². The maximum atomic E-state index is 11.4. The van der Waals surface area contributed by atoms with E-state index in [4.69, 9.17) is 18.6 Å². The summed E-state index contributed by atoms with van der Waals surface area (Å²) < 4.78 is 20.9. The van der Waals surface area contributed by atoms with Gasteiger partial charge in [-0.3, -0.25) is 0 Å². The lowest BCUT2D eigenvalue weighted by Gasteiger charge is -2.13. The number of ether oxygens (including phenoxy) is 3. The molecule has 0 unspecified atom stereocenters. The number of aromatic nitrogens is 2. The zero-order valence-corrected chi connectivity index (χ0v) is 14.3. The molecule has 1 heterocycles. The first-order valence-corrected chi connectivity index (χ1v) is 7.51. The molecule has 8 nitrogen and oxygen atoms in total. The summed E-state index contributed by atoms with van der Waals surface area (Å²) in [6.07, 6.45) is 1.39. The number of hydrogen-bond acceptors (Lipinski definition) is 9. The first kappa shape index (κ1) is 17.7. The number of carboxylic acid groups (broad SMARTS) is 1. The van der Waals surface area contributed by atoms with Gasteiger partial charge < -0.3 is 28.5 Å². The predicted molar refractivity (Wildman–Crippen MR) is 84.0 cm³/mol. The van der Waals surface area contributed by atoms with Gasteiger partial charge in [0.25, 0.3) is 5.22 Å². The van der Waals surface area contributed by atoms with Crippen molar-refractivity contribution < 1.29 is 28.5 Å². The molecule has 0 N–H and O–H groups in total. The van der Waals surface area contributed by atoms with E-state index in [1.165, 1.54) is 27.4 Å². The lowest BCUT2D eigenvalue weighted by molar-refractivity contribution is -0.298. The summed E-state index contributed by atoms with van der Waals surface area (Å²) in [4.78, 5) is 11.3. The van der Waals surface area contributed by atoms with Crippen LogP contribution >= 0.6 is 11.8 Å². The molecule has 24 heavy (non-hydrogen) atoms. The van der Waals surface area contributed by atoms with Gasteiger partial charge in [0.15, 0.2) is 11.5 Å². The Labute approximate surface area is 142 Å². The summed E-state index contributed by atoms with van der Waals surface area (Å²) in [6, 6.07) is 3.23. The molecule has 0 radical (unpaired) electrons. The second kappa shape index (κ2) is 7.73. The lowest BCUT2D eigenvalue weighted by atomic mass is 10.1. The van der Waals surface area contributed by atoms with Crippen molar-refractivity contribution >= 4 is 23.8 Å². The Kier molecular flexibility index (Phi) is 5.69. The molecule has 1 aromatic heterocycles. The van der Waals surface area contributed by atoms with Gasteiger partial charge >= 0.3 is 0 Å². The average Bonchev–Trinajstić information content (AvgIpc) is 2.98. The highest BCUT2D eigenvalue weighted by atomic mass is 32.2. The largest absolute Gasteiger partial charge is 0.544 e. The van der Waals surface area contributed by atoms with Crippen molar-refractivity contribution in [3.05, 3.63) is 28.5 Å². The highest BCUT2D eigenvalue weighted by Gasteiger charge is 2.14. The Hall–Kier alpha value is -2.68. The predicted octanol–water partition coefficient (Wildman–Crippen LogP) is 1.29. The van der Waals surface area contributed by atoms with Crippen LogP contribution in [0.15, 0.2) is 26.7 Å². The number of rotatable bonds is 7. The average molecular weight is 351 g/mol. The van der Waals surface area contributed by atoms with Crippen molar-refractivity contribution in [3.8, 4) is 17.2 Å². The molecule has 2 aromatic rings. The van der Waals surface area contributed by atoms with E-state index in [1.807, 2.05) is 0 Å². The maximum absolute atomic E-state index is 11.4. The van der Waals surface area contributed by atoms with Crippen molar-refractivity contribution in [2.24, 2.45) is 0 Å². The van der Waals surface area contributed by atoms with Crippen molar-refractivity contribution in [1.29, 1.82) is 0 Å². The first-order chi connectivity index (χ1) is 11.5. The van der Waals surface area contributed by atoms with Crippen molar-refractivity contribution in [2.45, 2.75) is 12.1 Å². The molecular formula is C15H15N2O6S-. The number of carbonyl (C=O) groups is 1. The summed E-state index contributed by atoms with van der Waals surface area (Å²) in [5.41, 5.74) is 0.521. The fraction of sp³-hybridized carbons (Fsp3) is 0.267. The van der Waals surface area contributed by atoms with Gasteiger partial charge in [0.1, 0.15) is 0 Å². The molecule has 0 bridgehead atoms. The van der Waals surface area contributed by atoms with Crippen molar-refractivity contribution in [1.82, 2.24) is 10.2 Å². The molecule has 0 aliphatic carbocycles. The van der Waals surface area contributed by atoms with Gasteiger partial charge in [-0.25, -0.2) is 0 Å². The number of carboxylic acids is 1. The summed E-state index contributed by atoms with van der Waals surface area (Å²) in [5.74, 6) is 0.179. The number of methoxy groups -OCH3 is 3. The van der Waals surface area contributed by atoms with Crippen LogP contribution in [0.2, 0.25) is 0 Å². The van der Waals surface area contributed by atoms with E-state index in [2.05, 4.69) is 10.2 Å². The van der Waals surface area contributed by atoms with Gasteiger partial charge in [-0.05, 0) is 35.5 Å². The monoisotopic (exact) mass is 351 g/mol. The first-order valence-electron chi connectivity index (χ1n) is 6.69. The summed E-state index contributed by atoms with van der Waals surface area (Å²) in [6.45, 7) is 1.61. The van der Waals surface area contributed by atoms with Crippen LogP contribution in [-0.4, -0.2) is 37.5 Å². The van der Waals surface area contributed by atoms with Crippen LogP contribution in [0.5, 0.6) is 17.2 Å². The van der Waals surface area contributed by atoms with Crippen LogP contribution < -0.4 is 19.3 Å². The molecule has 0 aliphatic heterocycles. The Bertz CT molecular complexity index is 746. The molecule has 0 aliphatic rings. The molecule has 9 heteroatoms. The van der Waals surface area contributed by atoms with E-state index >= 15 is 0 Å². The smallest absolute Gasteiger partial charge is 0.281 e. The molecule has 0 spiro atoms. The van der Waals surface area contributed by atoms with Crippen LogP contribution in [-0.2, 0) is 4.79 Å². The second-order valence-electron chi connectivity index (χ2n) is 4.44. The minimum absolute atomic E-state index is 0.104. The van der Waals surface area contributed by atoms with E-state index in [1.54, 1.807) is 19.1 Å². The van der Waals surface area contributed by atoms with Crippen LogP contribution in [0.1, 0.15) is 11.5 Å². The van der Waals surface area contributed by atoms with Crippen LogP contribution in [0.25, 0.3) is 6.08 Å². The van der Waals surface area contributed by atoms with Gasteiger partial charge in [-0.1, -0.05) is 0 Å². The number of benzene rings is 1. The van der Waals surface area contributed by atoms with E-state index in [0.29, 0.717) is 28.7 Å². The van der Waals surface area contributed by atoms with Gasteiger partial charge in [0.2, 0.25) is 11.6 Å². The number of aryl methyl sites for hydroxylation is 1. The molecule has 0 saturated carbocycles. The van der Waals surface area contributed by atoms with Gasteiger partial charge in [-0.2, -0.15) is 0 Å². The molecule has 2 rings (SSSR count). The molecule has 1 aromatic carbocycles. The van der Waals surface area contributed by atoms with E-state index in [-0.39, 0.29) is 10.1 Å². The SMILES string of the molecule is COc1cc(/C=C(/Sc2nnc(C)o2)C(=O)[O-])cc(OC)c1OC. The Balaban J connectivity index is 2.43. The Morgan fingerprint density at radius 3 is 2.21 bits per heavy atom. The summed E-state index contributed by atoms with van der Waals surface area (Å²) >= 11 is 0.795. The zero-order valence-electron chi connectivity index (χ0n) is 13.5. The fourth-order valence-electron chi connectivity index (χ4n) is 1.88. The molecule has 0 amide bonds. The van der Waals surface area contributed by atoms with Crippen LogP contribution in [0.4, 0.5) is 0 Å². The van der Waals surface area contributed by atoms with E-state index in [9.17, 15) is 9.90 Å². The number of carbonyl (C=O) groups excluding carboxylic acids is 1. The number of aliphatic carboxylic acids is 1. The normalized spacial score (nSPS) is 11.2. The minimum atomic E-state index is -1.37. The number of hydrogen-bond donors (Lipinski definition) is 0. The highest BCUT2D eigenvalue weighted by molar-refractivity contribution is 8.03. The number of thioether (sulfide) groups is 1. The standard InChI is InChI=1S/C15H16N2O6S/c1-8-16-17-15(23-8)24-12(14(18)19)7-9-5-10(20-2)13(22-4)11(6-9)21-3/h5-7H,1-4H3,(H,18,19)/p-1/b12-7+. The second-order valence-corrected chi connectivity index (χ2v) is 5.44. The summed E-state index contributed by atoms with van der Waals surface area (Å²) in [5, 5.41) is 18.9. The third-order valence-corrected chi connectivity index (χ3v) is 3.73. The molecular weight excluding hydrogens is 336 g/mol. The maximum Gasteiger partial charge on any atom is 0.281 e. The minimum Gasteiger partial charge on any atom is -0.544 e. The highest BCUT2D eigenvalue weighted by Crippen LogP contribution is 2.39. The van der Waals surface area contributed by atoms with Crippen molar-refractivity contribution in [2.75, 3.05) is 21.3 Å². The molecule has 0 fully saturated rings. The molecule has 128 valence electrons. The van der Waals surface area contributed by atoms with Crippen molar-refractivity contribution in [3.63, 3.8) is 0 Å². The Morgan fingerprint density at radius 2 is 1.79 bits per heavy atom. The third kappa shape index (κ3) is 3.99. The van der Waals surface area contributed by atoms with Crippen LogP contribution in [0.3, 0.4) is 0 Å². The molecule has 0 atom stereocenters. The quantitative estimate of drug-likeness (QED) is 0.538. The molecule has 0 saturated heterocycles. The van der Waals surface area contributed by atoms with E-state index in [0.717, 1.165) is 11.8 Å². The zero-order chi connectivity index (χ0) is 17.7. The Morgan fingerprint density at radius 1 is 1.17 bits per heavy atom. The summed E-state index contributed by atoms with van der Waals surface area (Å²) in [7, 11) is 4.43. The van der Waals surface area contributed by atoms with Crippen LogP contribution in [0, 0.1) is 6.92 Å².